The highest BCUT2D eigenvalue weighted by atomic mass is 16.5. The molecular formula is C16H22N2O2. The molecule has 0 bridgehead atoms. The van der Waals surface area contributed by atoms with Crippen LogP contribution in [-0.4, -0.2) is 44.4 Å². The van der Waals surface area contributed by atoms with Gasteiger partial charge in [-0.1, -0.05) is 12.1 Å². The summed E-state index contributed by atoms with van der Waals surface area (Å²) in [4.78, 5) is 2.44. The Hall–Kier alpha value is -1.57. The van der Waals surface area contributed by atoms with E-state index >= 15 is 0 Å². The Bertz CT molecular complexity index is 435. The first kappa shape index (κ1) is 14.8. The van der Waals surface area contributed by atoms with E-state index in [1.807, 2.05) is 24.3 Å². The van der Waals surface area contributed by atoms with Crippen LogP contribution in [-0.2, 0) is 11.2 Å². The predicted octanol–water partition coefficient (Wildman–Crippen LogP) is 2.24. The zero-order valence-electron chi connectivity index (χ0n) is 12.0. The third-order valence-corrected chi connectivity index (χ3v) is 3.50. The lowest BCUT2D eigenvalue weighted by atomic mass is 10.2. The highest BCUT2D eigenvalue weighted by Crippen LogP contribution is 2.26. The van der Waals surface area contributed by atoms with Crippen LogP contribution in [0.4, 0.5) is 0 Å². The van der Waals surface area contributed by atoms with Gasteiger partial charge in [0.05, 0.1) is 19.1 Å². The minimum Gasteiger partial charge on any atom is -0.492 e. The van der Waals surface area contributed by atoms with Gasteiger partial charge >= 0.3 is 0 Å². The molecule has 1 saturated carbocycles. The maximum atomic E-state index is 8.62. The number of methoxy groups -OCH3 is 1. The smallest absolute Gasteiger partial charge is 0.119 e. The summed E-state index contributed by atoms with van der Waals surface area (Å²) in [5.74, 6) is 0.870. The largest absolute Gasteiger partial charge is 0.492 e. The molecule has 0 heterocycles. The Kier molecular flexibility index (Phi) is 5.85. The molecule has 1 aromatic carbocycles. The van der Waals surface area contributed by atoms with Crippen molar-refractivity contribution >= 4 is 0 Å². The van der Waals surface area contributed by atoms with Gasteiger partial charge in [0, 0.05) is 26.2 Å². The van der Waals surface area contributed by atoms with Gasteiger partial charge in [-0.25, -0.2) is 0 Å². The van der Waals surface area contributed by atoms with Crippen LogP contribution in [0.1, 0.15) is 18.4 Å². The quantitative estimate of drug-likeness (QED) is 0.693. The van der Waals surface area contributed by atoms with Crippen molar-refractivity contribution in [3.05, 3.63) is 29.8 Å². The van der Waals surface area contributed by atoms with Crippen LogP contribution >= 0.6 is 0 Å². The van der Waals surface area contributed by atoms with E-state index in [-0.39, 0.29) is 0 Å². The van der Waals surface area contributed by atoms with Crippen molar-refractivity contribution in [3.63, 3.8) is 0 Å². The van der Waals surface area contributed by atoms with Gasteiger partial charge in [-0.05, 0) is 30.5 Å². The summed E-state index contributed by atoms with van der Waals surface area (Å²) in [6, 6.07) is 10.6. The summed E-state index contributed by atoms with van der Waals surface area (Å²) in [5, 5.41) is 8.62. The number of hydrogen-bond donors (Lipinski definition) is 0. The summed E-state index contributed by atoms with van der Waals surface area (Å²) < 4.78 is 10.9. The summed E-state index contributed by atoms with van der Waals surface area (Å²) in [7, 11) is 1.74. The molecule has 4 nitrogen and oxygen atoms in total. The molecule has 0 N–H and O–H groups in total. The maximum absolute atomic E-state index is 8.62. The standard InChI is InChI=1S/C16H22N2O2/c1-19-12-10-18(15-4-5-15)11-13-20-16-6-2-14(3-7-16)8-9-17/h2-3,6-7,15H,4-5,8,10-13H2,1H3. The lowest BCUT2D eigenvalue weighted by molar-refractivity contribution is 0.130. The van der Waals surface area contributed by atoms with E-state index in [4.69, 9.17) is 14.7 Å². The molecule has 0 aliphatic heterocycles. The Labute approximate surface area is 120 Å². The van der Waals surface area contributed by atoms with E-state index in [0.717, 1.165) is 37.1 Å². The van der Waals surface area contributed by atoms with Crippen molar-refractivity contribution < 1.29 is 9.47 Å². The van der Waals surface area contributed by atoms with Gasteiger partial charge in [0.15, 0.2) is 0 Å². The van der Waals surface area contributed by atoms with Gasteiger partial charge in [0.25, 0.3) is 0 Å². The molecule has 2 rings (SSSR count). The monoisotopic (exact) mass is 274 g/mol. The van der Waals surface area contributed by atoms with Crippen LogP contribution in [0.5, 0.6) is 5.75 Å². The summed E-state index contributed by atoms with van der Waals surface area (Å²) in [6.45, 7) is 3.39. The second-order valence-corrected chi connectivity index (χ2v) is 5.09. The minimum absolute atomic E-state index is 0.451. The van der Waals surface area contributed by atoms with Gasteiger partial charge in [-0.15, -0.1) is 0 Å². The minimum atomic E-state index is 0.451. The third kappa shape index (κ3) is 4.84. The van der Waals surface area contributed by atoms with Gasteiger partial charge < -0.3 is 9.47 Å². The molecule has 4 heteroatoms. The number of hydrogen-bond acceptors (Lipinski definition) is 4. The van der Waals surface area contributed by atoms with E-state index in [1.54, 1.807) is 7.11 Å². The molecule has 0 amide bonds. The average molecular weight is 274 g/mol. The summed E-state index contributed by atoms with van der Waals surface area (Å²) in [5.41, 5.74) is 1.03. The Morgan fingerprint density at radius 3 is 2.50 bits per heavy atom. The van der Waals surface area contributed by atoms with Crippen LogP contribution < -0.4 is 4.74 Å². The second kappa shape index (κ2) is 7.88. The molecule has 1 aliphatic rings. The molecule has 0 atom stereocenters. The summed E-state index contributed by atoms with van der Waals surface area (Å²) in [6.07, 6.45) is 3.05. The number of nitrogens with zero attached hydrogens (tertiary/aromatic N) is 2. The number of benzene rings is 1. The van der Waals surface area contributed by atoms with Crippen molar-refractivity contribution in [2.24, 2.45) is 0 Å². The topological polar surface area (TPSA) is 45.5 Å². The van der Waals surface area contributed by atoms with E-state index < -0.39 is 0 Å². The first-order valence-electron chi connectivity index (χ1n) is 7.15. The van der Waals surface area contributed by atoms with E-state index in [0.29, 0.717) is 13.0 Å². The highest BCUT2D eigenvalue weighted by molar-refractivity contribution is 5.28. The summed E-state index contributed by atoms with van der Waals surface area (Å²) >= 11 is 0. The molecule has 1 fully saturated rings. The second-order valence-electron chi connectivity index (χ2n) is 5.09. The van der Waals surface area contributed by atoms with Crippen LogP contribution in [0.3, 0.4) is 0 Å². The zero-order valence-corrected chi connectivity index (χ0v) is 12.0. The van der Waals surface area contributed by atoms with Crippen molar-refractivity contribution in [2.75, 3.05) is 33.4 Å². The van der Waals surface area contributed by atoms with E-state index in [1.165, 1.54) is 12.8 Å². The van der Waals surface area contributed by atoms with Crippen LogP contribution in [0.15, 0.2) is 24.3 Å². The van der Waals surface area contributed by atoms with E-state index in [2.05, 4.69) is 11.0 Å². The Morgan fingerprint density at radius 2 is 1.90 bits per heavy atom. The Morgan fingerprint density at radius 1 is 1.20 bits per heavy atom. The fourth-order valence-electron chi connectivity index (χ4n) is 2.20. The molecule has 0 radical (unpaired) electrons. The number of nitriles is 1. The van der Waals surface area contributed by atoms with Gasteiger partial charge in [-0.2, -0.15) is 5.26 Å². The molecule has 1 aromatic rings. The lowest BCUT2D eigenvalue weighted by Crippen LogP contribution is -2.33. The van der Waals surface area contributed by atoms with Gasteiger partial charge in [0.2, 0.25) is 0 Å². The SMILES string of the molecule is COCCN(CCOc1ccc(CC#N)cc1)C1CC1. The molecule has 0 aromatic heterocycles. The zero-order chi connectivity index (χ0) is 14.2. The number of ether oxygens (including phenoxy) is 2. The fourth-order valence-corrected chi connectivity index (χ4v) is 2.20. The van der Waals surface area contributed by atoms with Crippen LogP contribution in [0.2, 0.25) is 0 Å². The molecule has 0 spiro atoms. The van der Waals surface area contributed by atoms with Crippen molar-refractivity contribution in [1.29, 1.82) is 5.26 Å². The molecule has 0 unspecified atom stereocenters. The van der Waals surface area contributed by atoms with Crippen LogP contribution in [0.25, 0.3) is 0 Å². The normalized spacial score (nSPS) is 14.2. The molecule has 1 aliphatic carbocycles. The van der Waals surface area contributed by atoms with E-state index in [9.17, 15) is 0 Å². The third-order valence-electron chi connectivity index (χ3n) is 3.50. The average Bonchev–Trinajstić information content (AvgIpc) is 3.29. The maximum Gasteiger partial charge on any atom is 0.119 e. The van der Waals surface area contributed by atoms with Crippen molar-refractivity contribution in [2.45, 2.75) is 25.3 Å². The fraction of sp³-hybridized carbons (Fsp3) is 0.562. The molecule has 0 saturated heterocycles. The van der Waals surface area contributed by atoms with Gasteiger partial charge in [0.1, 0.15) is 12.4 Å². The highest BCUT2D eigenvalue weighted by Gasteiger charge is 2.28. The lowest BCUT2D eigenvalue weighted by Gasteiger charge is -2.21. The first-order valence-corrected chi connectivity index (χ1v) is 7.15. The molecule has 108 valence electrons. The first-order chi connectivity index (χ1) is 9.83. The number of rotatable bonds is 9. The Balaban J connectivity index is 1.72. The van der Waals surface area contributed by atoms with Gasteiger partial charge in [-0.3, -0.25) is 4.90 Å². The predicted molar refractivity (Wildman–Crippen MR) is 77.7 cm³/mol. The van der Waals surface area contributed by atoms with Crippen molar-refractivity contribution in [1.82, 2.24) is 4.90 Å². The van der Waals surface area contributed by atoms with Crippen LogP contribution in [0, 0.1) is 11.3 Å². The molecule has 20 heavy (non-hydrogen) atoms. The molecular weight excluding hydrogens is 252 g/mol. The van der Waals surface area contributed by atoms with Crippen molar-refractivity contribution in [3.8, 4) is 11.8 Å².